The molecule has 3 fully saturated rings. The van der Waals surface area contributed by atoms with Gasteiger partial charge in [0, 0.05) is 32.1 Å². The van der Waals surface area contributed by atoms with Gasteiger partial charge < -0.3 is 4.90 Å². The molecule has 2 heterocycles. The third-order valence-corrected chi connectivity index (χ3v) is 4.54. The fourth-order valence-corrected chi connectivity index (χ4v) is 3.29. The summed E-state index contributed by atoms with van der Waals surface area (Å²) >= 11 is 0. The molecule has 0 aromatic rings. The Morgan fingerprint density at radius 1 is 1.00 bits per heavy atom. The largest absolute Gasteiger partial charge is 0.341 e. The lowest BCUT2D eigenvalue weighted by Crippen LogP contribution is -2.47. The van der Waals surface area contributed by atoms with Gasteiger partial charge in [-0.15, -0.1) is 0 Å². The highest BCUT2D eigenvalue weighted by Crippen LogP contribution is 2.32. The molecule has 3 aliphatic rings. The van der Waals surface area contributed by atoms with Crippen LogP contribution in [0.3, 0.4) is 0 Å². The van der Waals surface area contributed by atoms with Crippen LogP contribution < -0.4 is 0 Å². The Kier molecular flexibility index (Phi) is 3.37. The van der Waals surface area contributed by atoms with Crippen LogP contribution in [0, 0.1) is 5.92 Å². The van der Waals surface area contributed by atoms with Crippen LogP contribution in [0.2, 0.25) is 0 Å². The molecule has 0 N–H and O–H groups in total. The van der Waals surface area contributed by atoms with Gasteiger partial charge in [-0.25, -0.2) is 0 Å². The zero-order chi connectivity index (χ0) is 11.7. The normalized spacial score (nSPS) is 31.2. The molecule has 96 valence electrons. The molecule has 0 bridgehead atoms. The van der Waals surface area contributed by atoms with Crippen LogP contribution in [-0.4, -0.2) is 47.9 Å². The average Bonchev–Trinajstić information content (AvgIpc) is 3.06. The minimum Gasteiger partial charge on any atom is -0.341 e. The van der Waals surface area contributed by atoms with Crippen molar-refractivity contribution in [2.24, 2.45) is 5.92 Å². The first-order valence-corrected chi connectivity index (χ1v) is 7.35. The number of rotatable bonds is 4. The molecular formula is C14H24N2O. The van der Waals surface area contributed by atoms with Crippen LogP contribution in [0.4, 0.5) is 0 Å². The molecule has 3 rings (SSSR count). The Morgan fingerprint density at radius 2 is 1.88 bits per heavy atom. The van der Waals surface area contributed by atoms with Gasteiger partial charge in [0.15, 0.2) is 0 Å². The fourth-order valence-electron chi connectivity index (χ4n) is 3.29. The molecule has 1 amide bonds. The van der Waals surface area contributed by atoms with E-state index in [0.29, 0.717) is 11.9 Å². The quantitative estimate of drug-likeness (QED) is 0.744. The number of carbonyl (C=O) groups excluding carboxylic acids is 1. The maximum atomic E-state index is 11.7. The highest BCUT2D eigenvalue weighted by atomic mass is 16.2. The van der Waals surface area contributed by atoms with E-state index in [1.807, 2.05) is 0 Å². The van der Waals surface area contributed by atoms with E-state index in [4.69, 9.17) is 0 Å². The SMILES string of the molecule is O=C1CCCN1C[C@H]1CCCCN1CC1CC1. The van der Waals surface area contributed by atoms with Crippen LogP contribution in [-0.2, 0) is 4.79 Å². The molecule has 17 heavy (non-hydrogen) atoms. The molecule has 2 aliphatic heterocycles. The van der Waals surface area contributed by atoms with Crippen molar-refractivity contribution in [2.45, 2.75) is 51.0 Å². The van der Waals surface area contributed by atoms with Crippen molar-refractivity contribution in [3.63, 3.8) is 0 Å². The first-order valence-electron chi connectivity index (χ1n) is 7.35. The Morgan fingerprint density at radius 3 is 2.59 bits per heavy atom. The van der Waals surface area contributed by atoms with Crippen LogP contribution >= 0.6 is 0 Å². The number of likely N-dealkylation sites (tertiary alicyclic amines) is 2. The average molecular weight is 236 g/mol. The minimum atomic E-state index is 0.391. The van der Waals surface area contributed by atoms with E-state index in [1.54, 1.807) is 0 Å². The highest BCUT2D eigenvalue weighted by Gasteiger charge is 2.32. The first-order chi connectivity index (χ1) is 8.33. The van der Waals surface area contributed by atoms with Gasteiger partial charge >= 0.3 is 0 Å². The zero-order valence-electron chi connectivity index (χ0n) is 10.7. The molecule has 3 nitrogen and oxygen atoms in total. The maximum Gasteiger partial charge on any atom is 0.222 e. The summed E-state index contributed by atoms with van der Waals surface area (Å²) < 4.78 is 0. The van der Waals surface area contributed by atoms with Gasteiger partial charge in [-0.05, 0) is 44.6 Å². The second kappa shape index (κ2) is 4.97. The number of hydrogen-bond donors (Lipinski definition) is 0. The number of nitrogens with zero attached hydrogens (tertiary/aromatic N) is 2. The van der Waals surface area contributed by atoms with Crippen LogP contribution in [0.1, 0.15) is 44.9 Å². The summed E-state index contributed by atoms with van der Waals surface area (Å²) in [4.78, 5) is 16.5. The van der Waals surface area contributed by atoms with Crippen molar-refractivity contribution in [2.75, 3.05) is 26.2 Å². The topological polar surface area (TPSA) is 23.6 Å². The van der Waals surface area contributed by atoms with Crippen molar-refractivity contribution >= 4 is 5.91 Å². The van der Waals surface area contributed by atoms with Crippen LogP contribution in [0.5, 0.6) is 0 Å². The van der Waals surface area contributed by atoms with Crippen molar-refractivity contribution in [3.05, 3.63) is 0 Å². The second-order valence-electron chi connectivity index (χ2n) is 6.03. The molecule has 3 heteroatoms. The summed E-state index contributed by atoms with van der Waals surface area (Å²) in [5.41, 5.74) is 0. The van der Waals surface area contributed by atoms with Gasteiger partial charge in [0.1, 0.15) is 0 Å². The van der Waals surface area contributed by atoms with E-state index in [-0.39, 0.29) is 0 Å². The van der Waals surface area contributed by atoms with E-state index in [1.165, 1.54) is 45.2 Å². The van der Waals surface area contributed by atoms with Crippen molar-refractivity contribution < 1.29 is 4.79 Å². The predicted octanol–water partition coefficient (Wildman–Crippen LogP) is 1.87. The van der Waals surface area contributed by atoms with E-state index >= 15 is 0 Å². The van der Waals surface area contributed by atoms with E-state index in [2.05, 4.69) is 9.80 Å². The Balaban J connectivity index is 1.56. The van der Waals surface area contributed by atoms with Gasteiger partial charge in [-0.3, -0.25) is 9.69 Å². The molecular weight excluding hydrogens is 212 g/mol. The van der Waals surface area contributed by atoms with Crippen molar-refractivity contribution in [3.8, 4) is 0 Å². The summed E-state index contributed by atoms with van der Waals surface area (Å²) in [7, 11) is 0. The number of piperidine rings is 1. The lowest BCUT2D eigenvalue weighted by atomic mass is 10.0. The molecule has 1 saturated carbocycles. The molecule has 0 radical (unpaired) electrons. The predicted molar refractivity (Wildman–Crippen MR) is 67.8 cm³/mol. The van der Waals surface area contributed by atoms with Gasteiger partial charge in [0.2, 0.25) is 5.91 Å². The minimum absolute atomic E-state index is 0.391. The second-order valence-corrected chi connectivity index (χ2v) is 6.03. The fraction of sp³-hybridized carbons (Fsp3) is 0.929. The van der Waals surface area contributed by atoms with Gasteiger partial charge in [-0.1, -0.05) is 6.42 Å². The van der Waals surface area contributed by atoms with Gasteiger partial charge in [-0.2, -0.15) is 0 Å². The van der Waals surface area contributed by atoms with Gasteiger partial charge in [0.25, 0.3) is 0 Å². The first kappa shape index (κ1) is 11.5. The monoisotopic (exact) mass is 236 g/mol. The Hall–Kier alpha value is -0.570. The molecule has 1 atom stereocenters. The van der Waals surface area contributed by atoms with E-state index < -0.39 is 0 Å². The Bertz CT molecular complexity index is 288. The van der Waals surface area contributed by atoms with Crippen LogP contribution in [0.25, 0.3) is 0 Å². The third-order valence-electron chi connectivity index (χ3n) is 4.54. The summed E-state index contributed by atoms with van der Waals surface area (Å²) in [6.07, 6.45) is 8.75. The molecule has 0 aromatic heterocycles. The number of amides is 1. The highest BCUT2D eigenvalue weighted by molar-refractivity contribution is 5.78. The van der Waals surface area contributed by atoms with Gasteiger partial charge in [0.05, 0.1) is 0 Å². The van der Waals surface area contributed by atoms with E-state index in [9.17, 15) is 4.79 Å². The smallest absolute Gasteiger partial charge is 0.222 e. The lowest BCUT2D eigenvalue weighted by Gasteiger charge is -2.38. The molecule has 1 aliphatic carbocycles. The number of hydrogen-bond acceptors (Lipinski definition) is 2. The summed E-state index contributed by atoms with van der Waals surface area (Å²) in [6.45, 7) is 4.58. The molecule has 0 unspecified atom stereocenters. The molecule has 2 saturated heterocycles. The third kappa shape index (κ3) is 2.82. The molecule has 0 spiro atoms. The van der Waals surface area contributed by atoms with Crippen molar-refractivity contribution in [1.82, 2.24) is 9.80 Å². The standard InChI is InChI=1S/C14H24N2O/c17-14-5-3-9-16(14)11-13-4-1-2-8-15(13)10-12-6-7-12/h12-13H,1-11H2/t13-/m1/s1. The number of carbonyl (C=O) groups is 1. The van der Waals surface area contributed by atoms with Crippen molar-refractivity contribution in [1.29, 1.82) is 0 Å². The zero-order valence-corrected chi connectivity index (χ0v) is 10.7. The summed E-state index contributed by atoms with van der Waals surface area (Å²) in [6, 6.07) is 0.659. The maximum absolute atomic E-state index is 11.7. The molecule has 0 aromatic carbocycles. The lowest BCUT2D eigenvalue weighted by molar-refractivity contribution is -0.128. The van der Waals surface area contributed by atoms with E-state index in [0.717, 1.165) is 31.8 Å². The Labute approximate surface area is 104 Å². The summed E-state index contributed by atoms with van der Waals surface area (Å²) in [5.74, 6) is 1.37. The summed E-state index contributed by atoms with van der Waals surface area (Å²) in [5, 5.41) is 0. The van der Waals surface area contributed by atoms with Crippen LogP contribution in [0.15, 0.2) is 0 Å².